The first-order valence-electron chi connectivity index (χ1n) is 6.77. The van der Waals surface area contributed by atoms with Gasteiger partial charge < -0.3 is 14.5 Å². The Morgan fingerprint density at radius 3 is 2.63 bits per heavy atom. The lowest BCUT2D eigenvalue weighted by atomic mass is 9.92. The fraction of sp³-hybridized carbons (Fsp3) is 0.917. The Bertz CT molecular complexity index is 267. The molecule has 0 aromatic carbocycles. The van der Waals surface area contributed by atoms with Gasteiger partial charge in [0.25, 0.3) is 11.6 Å². The van der Waals surface area contributed by atoms with Crippen LogP contribution < -0.4 is 0 Å². The van der Waals surface area contributed by atoms with E-state index in [0.29, 0.717) is 19.0 Å². The van der Waals surface area contributed by atoms with Crippen molar-refractivity contribution in [3.8, 4) is 0 Å². The highest BCUT2D eigenvalue weighted by Gasteiger charge is 2.18. The van der Waals surface area contributed by atoms with Crippen molar-refractivity contribution in [3.63, 3.8) is 0 Å². The van der Waals surface area contributed by atoms with E-state index in [9.17, 15) is 14.9 Å². The molecule has 7 nitrogen and oxygen atoms in total. The predicted molar refractivity (Wildman–Crippen MR) is 68.0 cm³/mol. The lowest BCUT2D eigenvalue weighted by molar-refractivity contribution is -0.757. The fourth-order valence-electron chi connectivity index (χ4n) is 2.43. The minimum absolute atomic E-state index is 0.205. The van der Waals surface area contributed by atoms with Gasteiger partial charge in [0.05, 0.1) is 13.2 Å². The molecule has 0 unspecified atom stereocenters. The summed E-state index contributed by atoms with van der Waals surface area (Å²) >= 11 is 0. The molecule has 0 aromatic heterocycles. The summed E-state index contributed by atoms with van der Waals surface area (Å²) in [7, 11) is 0. The number of likely N-dealkylation sites (tertiary alicyclic amines) is 1. The van der Waals surface area contributed by atoms with Crippen LogP contribution in [0.4, 0.5) is 0 Å². The van der Waals surface area contributed by atoms with Gasteiger partial charge in [-0.1, -0.05) is 0 Å². The second kappa shape index (κ2) is 9.55. The molecule has 0 amide bonds. The van der Waals surface area contributed by atoms with E-state index in [0.717, 1.165) is 51.7 Å². The van der Waals surface area contributed by atoms with Crippen molar-refractivity contribution in [1.29, 1.82) is 0 Å². The maximum atomic E-state index is 9.99. The molecular formula is C12H22N2O5. The van der Waals surface area contributed by atoms with Gasteiger partial charge in [-0.05, 0) is 51.1 Å². The van der Waals surface area contributed by atoms with Crippen molar-refractivity contribution in [1.82, 2.24) is 4.90 Å². The summed E-state index contributed by atoms with van der Waals surface area (Å²) in [6.45, 7) is 4.26. The number of piperidine rings is 1. The van der Waals surface area contributed by atoms with Crippen molar-refractivity contribution >= 4 is 6.47 Å². The van der Waals surface area contributed by atoms with Crippen LogP contribution in [-0.4, -0.2) is 49.3 Å². The molecule has 1 aliphatic rings. The van der Waals surface area contributed by atoms with E-state index in [1.807, 2.05) is 0 Å². The molecule has 1 rings (SSSR count). The Morgan fingerprint density at radius 1 is 1.26 bits per heavy atom. The fourth-order valence-corrected chi connectivity index (χ4v) is 2.43. The van der Waals surface area contributed by atoms with Gasteiger partial charge in [-0.2, -0.15) is 0 Å². The third-order valence-electron chi connectivity index (χ3n) is 3.47. The molecule has 0 aromatic rings. The molecule has 0 aliphatic carbocycles. The quantitative estimate of drug-likeness (QED) is 0.258. The number of carbonyl (C=O) groups is 1. The summed E-state index contributed by atoms with van der Waals surface area (Å²) in [6, 6.07) is 0. The zero-order chi connectivity index (χ0) is 13.9. The third-order valence-corrected chi connectivity index (χ3v) is 3.47. The van der Waals surface area contributed by atoms with Crippen molar-refractivity contribution in [3.05, 3.63) is 10.1 Å². The van der Waals surface area contributed by atoms with Gasteiger partial charge in [-0.15, -0.1) is 10.1 Å². The lowest BCUT2D eigenvalue weighted by Crippen LogP contribution is -2.34. The van der Waals surface area contributed by atoms with Gasteiger partial charge in [0.2, 0.25) is 0 Å². The molecule has 110 valence electrons. The van der Waals surface area contributed by atoms with E-state index in [-0.39, 0.29) is 6.61 Å². The Balaban J connectivity index is 1.99. The van der Waals surface area contributed by atoms with Crippen LogP contribution in [0.1, 0.15) is 32.1 Å². The molecule has 7 heteroatoms. The van der Waals surface area contributed by atoms with Crippen LogP contribution in [0.15, 0.2) is 0 Å². The lowest BCUT2D eigenvalue weighted by Gasteiger charge is -2.31. The van der Waals surface area contributed by atoms with Gasteiger partial charge in [-0.25, -0.2) is 0 Å². The highest BCUT2D eigenvalue weighted by molar-refractivity contribution is 5.36. The average molecular weight is 274 g/mol. The van der Waals surface area contributed by atoms with E-state index < -0.39 is 5.09 Å². The molecule has 0 spiro atoms. The SMILES string of the molecule is O=COCCCN1CCC(CCCO[N+](=O)[O-])CC1. The van der Waals surface area contributed by atoms with E-state index in [4.69, 9.17) is 0 Å². The number of hydrogen-bond acceptors (Lipinski definition) is 6. The first-order valence-corrected chi connectivity index (χ1v) is 6.77. The minimum Gasteiger partial charge on any atom is -0.468 e. The average Bonchev–Trinajstić information content (AvgIpc) is 2.41. The maximum absolute atomic E-state index is 9.99. The van der Waals surface area contributed by atoms with Crippen molar-refractivity contribution in [2.24, 2.45) is 5.92 Å². The van der Waals surface area contributed by atoms with E-state index >= 15 is 0 Å². The molecule has 1 fully saturated rings. The van der Waals surface area contributed by atoms with Gasteiger partial charge in [0, 0.05) is 6.54 Å². The monoisotopic (exact) mass is 274 g/mol. The van der Waals surface area contributed by atoms with Crippen LogP contribution >= 0.6 is 0 Å². The molecular weight excluding hydrogens is 252 g/mol. The number of ether oxygens (including phenoxy) is 1. The summed E-state index contributed by atoms with van der Waals surface area (Å²) in [5.41, 5.74) is 0. The largest absolute Gasteiger partial charge is 0.468 e. The smallest absolute Gasteiger partial charge is 0.294 e. The van der Waals surface area contributed by atoms with E-state index in [1.54, 1.807) is 0 Å². The van der Waals surface area contributed by atoms with E-state index in [2.05, 4.69) is 14.5 Å². The topological polar surface area (TPSA) is 81.9 Å². The summed E-state index contributed by atoms with van der Waals surface area (Å²) < 4.78 is 4.65. The Kier molecular flexibility index (Phi) is 7.88. The first kappa shape index (κ1) is 15.7. The van der Waals surface area contributed by atoms with Crippen molar-refractivity contribution in [2.45, 2.75) is 32.1 Å². The molecule has 0 N–H and O–H groups in total. The molecule has 1 aliphatic heterocycles. The maximum Gasteiger partial charge on any atom is 0.294 e. The van der Waals surface area contributed by atoms with Crippen LogP contribution in [0.5, 0.6) is 0 Å². The predicted octanol–water partition coefficient (Wildman–Crippen LogP) is 1.25. The van der Waals surface area contributed by atoms with Gasteiger partial charge in [0.1, 0.15) is 0 Å². The molecule has 1 saturated heterocycles. The standard InChI is InChI=1S/C12H22N2O5/c15-11-18-9-2-6-13-7-4-12(5-8-13)3-1-10-19-14(16)17/h11-12H,1-10H2. The van der Waals surface area contributed by atoms with Crippen molar-refractivity contribution < 1.29 is 19.5 Å². The Hall–Kier alpha value is -1.37. The molecule has 1 heterocycles. The second-order valence-electron chi connectivity index (χ2n) is 4.80. The van der Waals surface area contributed by atoms with Gasteiger partial charge in [0.15, 0.2) is 0 Å². The highest BCUT2D eigenvalue weighted by Crippen LogP contribution is 2.21. The number of nitrogens with zero attached hydrogens (tertiary/aromatic N) is 2. The second-order valence-corrected chi connectivity index (χ2v) is 4.80. The van der Waals surface area contributed by atoms with Crippen molar-refractivity contribution in [2.75, 3.05) is 32.8 Å². The summed E-state index contributed by atoms with van der Waals surface area (Å²) in [4.78, 5) is 26.6. The zero-order valence-corrected chi connectivity index (χ0v) is 11.2. The van der Waals surface area contributed by atoms with Gasteiger partial charge >= 0.3 is 0 Å². The number of carbonyl (C=O) groups excluding carboxylic acids is 1. The third kappa shape index (κ3) is 7.61. The molecule has 0 radical (unpaired) electrons. The molecule has 19 heavy (non-hydrogen) atoms. The zero-order valence-electron chi connectivity index (χ0n) is 11.2. The Morgan fingerprint density at radius 2 is 2.00 bits per heavy atom. The van der Waals surface area contributed by atoms with E-state index in [1.165, 1.54) is 0 Å². The normalized spacial score (nSPS) is 17.1. The Labute approximate surface area is 113 Å². The molecule has 0 atom stereocenters. The summed E-state index contributed by atoms with van der Waals surface area (Å²) in [5, 5.41) is 9.25. The summed E-state index contributed by atoms with van der Waals surface area (Å²) in [5.74, 6) is 0.651. The van der Waals surface area contributed by atoms with Crippen LogP contribution in [-0.2, 0) is 14.4 Å². The number of hydrogen-bond donors (Lipinski definition) is 0. The van der Waals surface area contributed by atoms with Gasteiger partial charge in [-0.3, -0.25) is 4.79 Å². The minimum atomic E-state index is -0.732. The van der Waals surface area contributed by atoms with Crippen LogP contribution in [0.2, 0.25) is 0 Å². The van der Waals surface area contributed by atoms with Crippen LogP contribution in [0.3, 0.4) is 0 Å². The molecule has 0 bridgehead atoms. The molecule has 0 saturated carbocycles. The van der Waals surface area contributed by atoms with Crippen LogP contribution in [0, 0.1) is 16.0 Å². The highest BCUT2D eigenvalue weighted by atomic mass is 16.9. The summed E-state index contributed by atoms with van der Waals surface area (Å²) in [6.07, 6.45) is 4.88. The first-order chi connectivity index (χ1) is 9.22. The number of rotatable bonds is 10. The van der Waals surface area contributed by atoms with Crippen LogP contribution in [0.25, 0.3) is 0 Å².